The number of anilines is 1. The fraction of sp³-hybridized carbons (Fsp3) is 0.263. The van der Waals surface area contributed by atoms with Crippen LogP contribution in [0.15, 0.2) is 61.1 Å². The van der Waals surface area contributed by atoms with Crippen molar-refractivity contribution in [3.05, 3.63) is 66.9 Å². The number of hydrogen-bond donors (Lipinski definition) is 0. The second-order valence-corrected chi connectivity index (χ2v) is 5.92. The summed E-state index contributed by atoms with van der Waals surface area (Å²) >= 11 is 0. The van der Waals surface area contributed by atoms with Crippen molar-refractivity contribution in [2.45, 2.75) is 25.3 Å². The van der Waals surface area contributed by atoms with E-state index in [0.29, 0.717) is 11.8 Å². The van der Waals surface area contributed by atoms with Crippen LogP contribution in [0.2, 0.25) is 0 Å². The zero-order valence-electron chi connectivity index (χ0n) is 13.8. The maximum atomic E-state index is 5.84. The van der Waals surface area contributed by atoms with Gasteiger partial charge in [-0.25, -0.2) is 15.0 Å². The van der Waals surface area contributed by atoms with Gasteiger partial charge < -0.3 is 9.64 Å². The van der Waals surface area contributed by atoms with Crippen molar-refractivity contribution in [1.82, 2.24) is 19.9 Å². The van der Waals surface area contributed by atoms with Gasteiger partial charge in [-0.3, -0.25) is 0 Å². The maximum Gasteiger partial charge on any atom is 0.229 e. The molecule has 1 atom stereocenters. The Bertz CT molecular complexity index is 812. The van der Waals surface area contributed by atoms with Crippen LogP contribution in [0.5, 0.6) is 11.6 Å². The van der Waals surface area contributed by atoms with Crippen molar-refractivity contribution in [2.24, 2.45) is 0 Å². The first-order chi connectivity index (χ1) is 12.4. The second kappa shape index (κ2) is 7.25. The van der Waals surface area contributed by atoms with Crippen molar-refractivity contribution in [1.29, 1.82) is 0 Å². The lowest BCUT2D eigenvalue weighted by Crippen LogP contribution is -2.35. The Morgan fingerprint density at radius 2 is 1.72 bits per heavy atom. The molecule has 0 unspecified atom stereocenters. The molecule has 1 aromatic carbocycles. The lowest BCUT2D eigenvalue weighted by atomic mass is 10.0. The van der Waals surface area contributed by atoms with E-state index in [1.807, 2.05) is 36.4 Å². The SMILES string of the molecule is c1ccc(Oc2ccnc(N3CCCC[C@H]3c3ncccn3)n2)cc1. The van der Waals surface area contributed by atoms with Crippen LogP contribution in [0.25, 0.3) is 0 Å². The molecule has 0 amide bonds. The minimum Gasteiger partial charge on any atom is -0.439 e. The minimum atomic E-state index is 0.0990. The molecule has 6 nitrogen and oxygen atoms in total. The molecule has 1 saturated heterocycles. The molecule has 0 saturated carbocycles. The molecule has 0 spiro atoms. The Morgan fingerprint density at radius 3 is 2.56 bits per heavy atom. The van der Waals surface area contributed by atoms with Crippen LogP contribution < -0.4 is 9.64 Å². The van der Waals surface area contributed by atoms with Gasteiger partial charge in [-0.05, 0) is 37.5 Å². The standard InChI is InChI=1S/C19H19N5O/c1-2-7-15(8-3-1)25-17-10-13-22-19(23-17)24-14-5-4-9-16(24)18-20-11-6-12-21-18/h1-3,6-8,10-13,16H,4-5,9,14H2/t16-/m0/s1. The summed E-state index contributed by atoms with van der Waals surface area (Å²) in [7, 11) is 0. The Hall–Kier alpha value is -3.02. The largest absolute Gasteiger partial charge is 0.439 e. The van der Waals surface area contributed by atoms with Crippen molar-refractivity contribution in [3.63, 3.8) is 0 Å². The molecule has 3 aromatic rings. The van der Waals surface area contributed by atoms with Crippen LogP contribution in [0.4, 0.5) is 5.95 Å². The van der Waals surface area contributed by atoms with Gasteiger partial charge in [-0.15, -0.1) is 0 Å². The molecule has 1 aliphatic heterocycles. The maximum absolute atomic E-state index is 5.84. The van der Waals surface area contributed by atoms with Gasteiger partial charge in [-0.1, -0.05) is 18.2 Å². The molecule has 4 rings (SSSR count). The quantitative estimate of drug-likeness (QED) is 0.724. The minimum absolute atomic E-state index is 0.0990. The third kappa shape index (κ3) is 3.57. The van der Waals surface area contributed by atoms with E-state index in [2.05, 4.69) is 24.8 Å². The number of rotatable bonds is 4. The van der Waals surface area contributed by atoms with Crippen molar-refractivity contribution >= 4 is 5.95 Å². The van der Waals surface area contributed by atoms with Crippen molar-refractivity contribution in [3.8, 4) is 11.6 Å². The van der Waals surface area contributed by atoms with E-state index in [1.54, 1.807) is 24.7 Å². The summed E-state index contributed by atoms with van der Waals surface area (Å²) in [5.74, 6) is 2.77. The number of hydrogen-bond acceptors (Lipinski definition) is 6. The smallest absolute Gasteiger partial charge is 0.229 e. The summed E-state index contributed by atoms with van der Waals surface area (Å²) in [6.45, 7) is 0.887. The van der Waals surface area contributed by atoms with Crippen LogP contribution in [-0.2, 0) is 0 Å². The Kier molecular flexibility index (Phi) is 4.50. The average Bonchev–Trinajstić information content (AvgIpc) is 2.70. The van der Waals surface area contributed by atoms with E-state index < -0.39 is 0 Å². The molecule has 3 heterocycles. The number of aromatic nitrogens is 4. The van der Waals surface area contributed by atoms with Gasteiger partial charge in [0.1, 0.15) is 5.75 Å². The van der Waals surface area contributed by atoms with Gasteiger partial charge in [0.25, 0.3) is 0 Å². The Labute approximate surface area is 146 Å². The highest BCUT2D eigenvalue weighted by Crippen LogP contribution is 2.32. The summed E-state index contributed by atoms with van der Waals surface area (Å²) in [4.78, 5) is 20.1. The highest BCUT2D eigenvalue weighted by atomic mass is 16.5. The average molecular weight is 333 g/mol. The second-order valence-electron chi connectivity index (χ2n) is 5.92. The van der Waals surface area contributed by atoms with Gasteiger partial charge in [0.2, 0.25) is 11.8 Å². The third-order valence-corrected chi connectivity index (χ3v) is 4.23. The zero-order valence-corrected chi connectivity index (χ0v) is 13.8. The number of piperidine rings is 1. The van der Waals surface area contributed by atoms with Crippen LogP contribution in [0.3, 0.4) is 0 Å². The molecule has 0 radical (unpaired) electrons. The molecule has 0 aliphatic carbocycles. The Morgan fingerprint density at radius 1 is 0.880 bits per heavy atom. The van der Waals surface area contributed by atoms with Crippen molar-refractivity contribution in [2.75, 3.05) is 11.4 Å². The Balaban J connectivity index is 1.60. The monoisotopic (exact) mass is 333 g/mol. The van der Waals surface area contributed by atoms with E-state index >= 15 is 0 Å². The summed E-state index contributed by atoms with van der Waals surface area (Å²) in [5, 5.41) is 0. The lowest BCUT2D eigenvalue weighted by Gasteiger charge is -2.34. The van der Waals surface area contributed by atoms with Gasteiger partial charge in [0.15, 0.2) is 5.82 Å². The third-order valence-electron chi connectivity index (χ3n) is 4.23. The van der Waals surface area contributed by atoms with Crippen LogP contribution >= 0.6 is 0 Å². The lowest BCUT2D eigenvalue weighted by molar-refractivity contribution is 0.436. The predicted molar refractivity (Wildman–Crippen MR) is 94.5 cm³/mol. The highest BCUT2D eigenvalue weighted by Gasteiger charge is 2.28. The number of nitrogens with zero attached hydrogens (tertiary/aromatic N) is 5. The van der Waals surface area contributed by atoms with Gasteiger partial charge in [0, 0.05) is 31.2 Å². The fourth-order valence-electron chi connectivity index (χ4n) is 3.06. The number of ether oxygens (including phenoxy) is 1. The highest BCUT2D eigenvalue weighted by molar-refractivity contribution is 5.37. The van der Waals surface area contributed by atoms with Gasteiger partial charge >= 0.3 is 0 Å². The summed E-state index contributed by atoms with van der Waals surface area (Å²) in [6, 6.07) is 13.3. The molecule has 0 N–H and O–H groups in total. The summed E-state index contributed by atoms with van der Waals surface area (Å²) in [6.07, 6.45) is 8.56. The molecule has 6 heteroatoms. The van der Waals surface area contributed by atoms with E-state index in [9.17, 15) is 0 Å². The van der Waals surface area contributed by atoms with Crippen LogP contribution in [0.1, 0.15) is 31.1 Å². The predicted octanol–water partition coefficient (Wildman–Crippen LogP) is 3.79. The van der Waals surface area contributed by atoms with Gasteiger partial charge in [0.05, 0.1) is 6.04 Å². The normalized spacial score (nSPS) is 17.3. The van der Waals surface area contributed by atoms with Crippen LogP contribution in [0, 0.1) is 0 Å². The molecule has 2 aromatic heterocycles. The number of benzene rings is 1. The van der Waals surface area contributed by atoms with E-state index in [4.69, 9.17) is 4.74 Å². The molecular formula is C19H19N5O. The molecule has 126 valence electrons. The van der Waals surface area contributed by atoms with E-state index in [1.165, 1.54) is 0 Å². The zero-order chi connectivity index (χ0) is 16.9. The summed E-state index contributed by atoms with van der Waals surface area (Å²) < 4.78 is 5.84. The summed E-state index contributed by atoms with van der Waals surface area (Å²) in [5.41, 5.74) is 0. The van der Waals surface area contributed by atoms with Crippen LogP contribution in [-0.4, -0.2) is 26.5 Å². The number of para-hydroxylation sites is 1. The molecule has 1 fully saturated rings. The topological polar surface area (TPSA) is 64.0 Å². The fourth-order valence-corrected chi connectivity index (χ4v) is 3.06. The van der Waals surface area contributed by atoms with E-state index in [-0.39, 0.29) is 6.04 Å². The first-order valence-corrected chi connectivity index (χ1v) is 8.50. The van der Waals surface area contributed by atoms with Crippen molar-refractivity contribution < 1.29 is 4.74 Å². The van der Waals surface area contributed by atoms with Gasteiger partial charge in [-0.2, -0.15) is 4.98 Å². The molecular weight excluding hydrogens is 314 g/mol. The molecule has 1 aliphatic rings. The first kappa shape index (κ1) is 15.5. The molecule has 0 bridgehead atoms. The molecule has 25 heavy (non-hydrogen) atoms. The van der Waals surface area contributed by atoms with E-state index in [0.717, 1.165) is 37.4 Å². The first-order valence-electron chi connectivity index (χ1n) is 8.50.